The summed E-state index contributed by atoms with van der Waals surface area (Å²) in [4.78, 5) is 27.9. The maximum absolute atomic E-state index is 13.3. The quantitative estimate of drug-likeness (QED) is 0.0961. The number of hydrogen-bond acceptors (Lipinski definition) is 2. The summed E-state index contributed by atoms with van der Waals surface area (Å²) in [6.07, 6.45) is 0. The average Bonchev–Trinajstić information content (AvgIpc) is 3.25. The molecule has 262 valence electrons. The molecule has 0 aliphatic carbocycles. The molecule has 13 aromatic rings. The summed E-state index contributed by atoms with van der Waals surface area (Å²) in [5.74, 6) is -0.496. The van der Waals surface area contributed by atoms with E-state index in [1.807, 2.05) is 12.1 Å². The average molecular weight is 724 g/mol. The fourth-order valence-electron chi connectivity index (χ4n) is 11.3. The van der Waals surface area contributed by atoms with Crippen LogP contribution >= 0.6 is 0 Å². The highest BCUT2D eigenvalue weighted by Gasteiger charge is 2.32. The topological polar surface area (TPSA) is 37.4 Å². The minimum Gasteiger partial charge on any atom is -0.277 e. The van der Waals surface area contributed by atoms with Crippen molar-refractivity contribution in [3.63, 3.8) is 0 Å². The fraction of sp³-hybridized carbons (Fsp3) is 0.0370. The summed E-state index contributed by atoms with van der Waals surface area (Å²) >= 11 is 0. The van der Waals surface area contributed by atoms with Crippen molar-refractivity contribution in [1.82, 2.24) is 4.90 Å². The number of nitrogens with zero attached hydrogens (tertiary/aromatic N) is 1. The molecule has 0 spiro atoms. The molecule has 1 aliphatic rings. The SMILES string of the molecule is Cc1ccc2c3cccc4c(-c5ccc6c7ccc8c9ccc%10c%11c(ccc(c%12ccc(c%13cccc5c%136)c7c%128)c%119)C(=O)N(C)C%10=O)ccc(c5cccc1c25)c43. The monoisotopic (exact) mass is 723 g/mol. The van der Waals surface area contributed by atoms with E-state index >= 15 is 0 Å². The van der Waals surface area contributed by atoms with Crippen LogP contribution in [0.25, 0.3) is 130 Å². The molecule has 0 fully saturated rings. The minimum atomic E-state index is -0.248. The molecule has 3 heteroatoms. The van der Waals surface area contributed by atoms with Gasteiger partial charge >= 0.3 is 0 Å². The van der Waals surface area contributed by atoms with Crippen LogP contribution in [0.1, 0.15) is 26.3 Å². The molecule has 3 nitrogen and oxygen atoms in total. The molecular formula is C54H29NO2. The zero-order valence-electron chi connectivity index (χ0n) is 31.0. The second kappa shape index (κ2) is 9.89. The van der Waals surface area contributed by atoms with E-state index in [1.54, 1.807) is 7.05 Å². The van der Waals surface area contributed by atoms with Crippen LogP contribution in [0.15, 0.2) is 140 Å². The van der Waals surface area contributed by atoms with Crippen LogP contribution in [0.3, 0.4) is 0 Å². The number of aryl methyl sites for hydroxylation is 1. The molecule has 0 bridgehead atoms. The first-order valence-corrected chi connectivity index (χ1v) is 19.7. The second-order valence-corrected chi connectivity index (χ2v) is 16.2. The van der Waals surface area contributed by atoms with Gasteiger partial charge in [-0.1, -0.05) is 127 Å². The van der Waals surface area contributed by atoms with E-state index in [4.69, 9.17) is 0 Å². The van der Waals surface area contributed by atoms with Gasteiger partial charge in [-0.2, -0.15) is 0 Å². The Hall–Kier alpha value is -7.36. The van der Waals surface area contributed by atoms with Gasteiger partial charge in [0, 0.05) is 23.6 Å². The Morgan fingerprint density at radius 2 is 0.561 bits per heavy atom. The number of hydrogen-bond donors (Lipinski definition) is 0. The first-order chi connectivity index (χ1) is 28.0. The van der Waals surface area contributed by atoms with Crippen molar-refractivity contribution < 1.29 is 9.59 Å². The molecule has 13 aromatic carbocycles. The zero-order chi connectivity index (χ0) is 37.6. The maximum atomic E-state index is 13.3. The van der Waals surface area contributed by atoms with Gasteiger partial charge in [0.15, 0.2) is 0 Å². The molecule has 0 unspecified atom stereocenters. The van der Waals surface area contributed by atoms with Gasteiger partial charge in [0.2, 0.25) is 0 Å². The largest absolute Gasteiger partial charge is 0.277 e. The number of rotatable bonds is 1. The predicted molar refractivity (Wildman–Crippen MR) is 239 cm³/mol. The van der Waals surface area contributed by atoms with Crippen molar-refractivity contribution in [2.24, 2.45) is 0 Å². The van der Waals surface area contributed by atoms with Gasteiger partial charge in [-0.15, -0.1) is 0 Å². The van der Waals surface area contributed by atoms with Crippen LogP contribution in [-0.4, -0.2) is 23.8 Å². The number of carbonyl (C=O) groups is 2. The van der Waals surface area contributed by atoms with Gasteiger partial charge in [-0.3, -0.25) is 14.5 Å². The molecule has 0 N–H and O–H groups in total. The number of imide groups is 1. The van der Waals surface area contributed by atoms with Crippen molar-refractivity contribution in [3.05, 3.63) is 156 Å². The van der Waals surface area contributed by atoms with Gasteiger partial charge in [-0.25, -0.2) is 0 Å². The maximum Gasteiger partial charge on any atom is 0.261 e. The van der Waals surface area contributed by atoms with Crippen LogP contribution in [0.5, 0.6) is 0 Å². The van der Waals surface area contributed by atoms with Crippen LogP contribution in [0.2, 0.25) is 0 Å². The molecule has 2 amide bonds. The molecule has 0 atom stereocenters. The van der Waals surface area contributed by atoms with E-state index in [0.29, 0.717) is 11.1 Å². The third kappa shape index (κ3) is 3.35. The highest BCUT2D eigenvalue weighted by Crippen LogP contribution is 2.51. The van der Waals surface area contributed by atoms with E-state index in [2.05, 4.69) is 134 Å². The highest BCUT2D eigenvalue weighted by atomic mass is 16.2. The lowest BCUT2D eigenvalue weighted by Crippen LogP contribution is -2.36. The van der Waals surface area contributed by atoms with E-state index < -0.39 is 0 Å². The Morgan fingerprint density at radius 3 is 1.00 bits per heavy atom. The third-order valence-corrected chi connectivity index (χ3v) is 13.8. The van der Waals surface area contributed by atoms with Gasteiger partial charge in [0.1, 0.15) is 0 Å². The summed E-state index contributed by atoms with van der Waals surface area (Å²) in [6.45, 7) is 2.21. The summed E-state index contributed by atoms with van der Waals surface area (Å²) < 4.78 is 0. The lowest BCUT2D eigenvalue weighted by atomic mass is 9.81. The van der Waals surface area contributed by atoms with Crippen molar-refractivity contribution in [1.29, 1.82) is 0 Å². The number of fused-ring (bicyclic) bond motifs is 6. The van der Waals surface area contributed by atoms with E-state index in [1.165, 1.54) is 108 Å². The summed E-state index contributed by atoms with van der Waals surface area (Å²) in [7, 11) is 1.57. The van der Waals surface area contributed by atoms with Crippen molar-refractivity contribution in [2.75, 3.05) is 7.05 Å². The highest BCUT2D eigenvalue weighted by molar-refractivity contribution is 6.44. The first kappa shape index (κ1) is 29.9. The van der Waals surface area contributed by atoms with Crippen LogP contribution in [0.4, 0.5) is 0 Å². The molecule has 0 radical (unpaired) electrons. The lowest BCUT2D eigenvalue weighted by molar-refractivity contribution is 0.0650. The van der Waals surface area contributed by atoms with Crippen molar-refractivity contribution in [3.8, 4) is 11.1 Å². The molecule has 1 aliphatic heterocycles. The smallest absolute Gasteiger partial charge is 0.261 e. The van der Waals surface area contributed by atoms with Gasteiger partial charge in [-0.05, 0) is 149 Å². The van der Waals surface area contributed by atoms with Gasteiger partial charge in [0.05, 0.1) is 0 Å². The lowest BCUT2D eigenvalue weighted by Gasteiger charge is -2.26. The predicted octanol–water partition coefficient (Wildman–Crippen LogP) is 13.9. The molecular weight excluding hydrogens is 695 g/mol. The summed E-state index contributed by atoms with van der Waals surface area (Å²) in [5, 5.41) is 26.7. The number of benzene rings is 13. The van der Waals surface area contributed by atoms with Crippen LogP contribution in [0, 0.1) is 6.92 Å². The Labute approximate surface area is 324 Å². The Balaban J connectivity index is 1.08. The molecule has 0 aromatic heterocycles. The third-order valence-electron chi connectivity index (χ3n) is 13.8. The van der Waals surface area contributed by atoms with Crippen molar-refractivity contribution >= 4 is 130 Å². The normalized spacial score (nSPS) is 13.8. The first-order valence-electron chi connectivity index (χ1n) is 19.7. The van der Waals surface area contributed by atoms with Gasteiger partial charge in [0.25, 0.3) is 11.8 Å². The molecule has 1 heterocycles. The number of carbonyl (C=O) groups excluding carboxylic acids is 2. The summed E-state index contributed by atoms with van der Waals surface area (Å²) in [6, 6.07) is 51.5. The Morgan fingerprint density at radius 1 is 0.281 bits per heavy atom. The van der Waals surface area contributed by atoms with Crippen LogP contribution in [-0.2, 0) is 0 Å². The zero-order valence-corrected chi connectivity index (χ0v) is 31.0. The van der Waals surface area contributed by atoms with E-state index in [-0.39, 0.29) is 11.8 Å². The van der Waals surface area contributed by atoms with Crippen LogP contribution < -0.4 is 0 Å². The van der Waals surface area contributed by atoms with Gasteiger partial charge < -0.3 is 0 Å². The molecule has 57 heavy (non-hydrogen) atoms. The van der Waals surface area contributed by atoms with E-state index in [0.717, 1.165) is 32.3 Å². The molecule has 14 rings (SSSR count). The summed E-state index contributed by atoms with van der Waals surface area (Å²) in [5.41, 5.74) is 4.97. The Kier molecular flexibility index (Phi) is 5.19. The number of amides is 2. The second-order valence-electron chi connectivity index (χ2n) is 16.2. The van der Waals surface area contributed by atoms with E-state index in [9.17, 15) is 9.59 Å². The minimum absolute atomic E-state index is 0.248. The fourth-order valence-corrected chi connectivity index (χ4v) is 11.3. The molecule has 0 saturated carbocycles. The van der Waals surface area contributed by atoms with Crippen molar-refractivity contribution in [2.45, 2.75) is 6.92 Å². The molecule has 0 saturated heterocycles. The Bertz CT molecular complexity index is 3900. The standard InChI is InChI=1S/C54H29NO2/c1-26-12-13-35-33-10-4-7-30-28(14-16-36(47(30)33)32-9-3-6-27(26)46(32)35)29-15-17-37-39-19-21-41-43-23-25-45-52-44(53(56)55(2)54(45)57)24-22-42(51(43)52)40-20-18-38(49(39)50(40)41)34-11-5-8-31(29)48(34)37/h3-25H,1-2H3.